The Hall–Kier alpha value is -3.07. The van der Waals surface area contributed by atoms with Crippen LogP contribution in [0.4, 0.5) is 0 Å². The van der Waals surface area contributed by atoms with Crippen molar-refractivity contribution in [3.05, 3.63) is 89.2 Å². The van der Waals surface area contributed by atoms with Crippen LogP contribution < -0.4 is 21.7 Å². The lowest BCUT2D eigenvalue weighted by Gasteiger charge is -2.12. The van der Waals surface area contributed by atoms with Crippen molar-refractivity contribution in [2.45, 2.75) is 6.61 Å². The van der Waals surface area contributed by atoms with Gasteiger partial charge in [-0.05, 0) is 18.2 Å². The van der Waals surface area contributed by atoms with E-state index in [2.05, 4.69) is 4.98 Å². The molecule has 4 aromatic rings. The van der Waals surface area contributed by atoms with Crippen LogP contribution in [-0.2, 0) is 6.61 Å². The second-order valence-electron chi connectivity index (χ2n) is 6.28. The van der Waals surface area contributed by atoms with Gasteiger partial charge in [-0.1, -0.05) is 41.4 Å². The standard InChI is InChI=1S/C20H13Cl2N3O4S/c21-12-4-2-1-3-10(12)8-29-11-5-6-13(22)15(7-11)25-19(27)16-14(24-20(25)28)9-30-17(16)18(23)26/h1-7,9H,8H2,(H2,23,26)(H,24,28). The van der Waals surface area contributed by atoms with E-state index in [0.29, 0.717) is 10.8 Å². The summed E-state index contributed by atoms with van der Waals surface area (Å²) in [6.07, 6.45) is 0. The number of hydrogen-bond acceptors (Lipinski definition) is 5. The summed E-state index contributed by atoms with van der Waals surface area (Å²) in [4.78, 5) is 39.9. The Morgan fingerprint density at radius 3 is 2.63 bits per heavy atom. The maximum atomic E-state index is 13.0. The number of halogens is 2. The molecule has 152 valence electrons. The topological polar surface area (TPSA) is 107 Å². The van der Waals surface area contributed by atoms with Crippen molar-refractivity contribution in [2.24, 2.45) is 5.73 Å². The maximum Gasteiger partial charge on any atom is 0.333 e. The van der Waals surface area contributed by atoms with Gasteiger partial charge in [-0.3, -0.25) is 9.59 Å². The number of fused-ring (bicyclic) bond motifs is 1. The second kappa shape index (κ2) is 7.98. The molecule has 0 aliphatic carbocycles. The molecular formula is C20H13Cl2N3O4S. The molecule has 0 aliphatic heterocycles. The maximum absolute atomic E-state index is 13.0. The zero-order valence-electron chi connectivity index (χ0n) is 15.1. The molecule has 2 heterocycles. The fourth-order valence-corrected chi connectivity index (χ4v) is 4.20. The highest BCUT2D eigenvalue weighted by Gasteiger charge is 2.19. The zero-order chi connectivity index (χ0) is 21.4. The van der Waals surface area contributed by atoms with Gasteiger partial charge in [-0.15, -0.1) is 11.3 Å². The Balaban J connectivity index is 1.80. The number of thiophene rings is 1. The Morgan fingerprint density at radius 2 is 1.90 bits per heavy atom. The Morgan fingerprint density at radius 1 is 1.13 bits per heavy atom. The smallest absolute Gasteiger partial charge is 0.333 e. The van der Waals surface area contributed by atoms with Crippen molar-refractivity contribution >= 4 is 51.3 Å². The lowest BCUT2D eigenvalue weighted by Crippen LogP contribution is -2.34. The van der Waals surface area contributed by atoms with Crippen LogP contribution in [-0.4, -0.2) is 15.5 Å². The molecule has 1 amide bonds. The summed E-state index contributed by atoms with van der Waals surface area (Å²) < 4.78 is 6.61. The van der Waals surface area contributed by atoms with Gasteiger partial charge in [-0.25, -0.2) is 9.36 Å². The number of nitrogens with zero attached hydrogens (tertiary/aromatic N) is 1. The monoisotopic (exact) mass is 461 g/mol. The molecule has 0 fully saturated rings. The van der Waals surface area contributed by atoms with E-state index in [1.165, 1.54) is 17.5 Å². The van der Waals surface area contributed by atoms with E-state index in [-0.39, 0.29) is 33.1 Å². The van der Waals surface area contributed by atoms with Crippen LogP contribution in [0.5, 0.6) is 5.75 Å². The third-order valence-electron chi connectivity index (χ3n) is 4.39. The molecule has 0 radical (unpaired) electrons. The quantitative estimate of drug-likeness (QED) is 0.471. The van der Waals surface area contributed by atoms with Gasteiger partial charge in [0.05, 0.1) is 21.6 Å². The first-order valence-corrected chi connectivity index (χ1v) is 10.2. The van der Waals surface area contributed by atoms with Gasteiger partial charge in [-0.2, -0.15) is 0 Å². The average Bonchev–Trinajstić information content (AvgIpc) is 3.13. The van der Waals surface area contributed by atoms with E-state index < -0.39 is 17.2 Å². The van der Waals surface area contributed by atoms with Gasteiger partial charge in [0.25, 0.3) is 11.5 Å². The molecule has 0 bridgehead atoms. The predicted octanol–water partition coefficient (Wildman–Crippen LogP) is 3.73. The normalized spacial score (nSPS) is 11.0. The minimum absolute atomic E-state index is 0.0329. The van der Waals surface area contributed by atoms with E-state index in [1.54, 1.807) is 12.1 Å². The minimum Gasteiger partial charge on any atom is -0.489 e. The first-order chi connectivity index (χ1) is 14.4. The van der Waals surface area contributed by atoms with Gasteiger partial charge in [0.2, 0.25) is 0 Å². The van der Waals surface area contributed by atoms with Gasteiger partial charge < -0.3 is 15.5 Å². The first kappa shape index (κ1) is 20.2. The van der Waals surface area contributed by atoms with Crippen molar-refractivity contribution in [3.63, 3.8) is 0 Å². The third kappa shape index (κ3) is 3.60. The fourth-order valence-electron chi connectivity index (χ4n) is 2.97. The lowest BCUT2D eigenvalue weighted by molar-refractivity contribution is 0.101. The Bertz CT molecular complexity index is 1410. The lowest BCUT2D eigenvalue weighted by atomic mass is 10.2. The van der Waals surface area contributed by atoms with Crippen LogP contribution in [0.25, 0.3) is 16.6 Å². The number of amides is 1. The van der Waals surface area contributed by atoms with Gasteiger partial charge in [0, 0.05) is 22.0 Å². The molecule has 0 saturated heterocycles. The van der Waals surface area contributed by atoms with Gasteiger partial charge >= 0.3 is 5.69 Å². The second-order valence-corrected chi connectivity index (χ2v) is 7.98. The molecule has 4 rings (SSSR count). The largest absolute Gasteiger partial charge is 0.489 e. The molecule has 0 unspecified atom stereocenters. The molecule has 0 spiro atoms. The van der Waals surface area contributed by atoms with Crippen LogP contribution in [0.3, 0.4) is 0 Å². The van der Waals surface area contributed by atoms with Gasteiger partial charge in [0.15, 0.2) is 0 Å². The number of aromatic amines is 1. The first-order valence-electron chi connectivity index (χ1n) is 8.59. The number of carbonyl (C=O) groups excluding carboxylic acids is 1. The average molecular weight is 462 g/mol. The third-order valence-corrected chi connectivity index (χ3v) is 6.07. The highest BCUT2D eigenvalue weighted by Crippen LogP contribution is 2.27. The number of aromatic nitrogens is 2. The van der Waals surface area contributed by atoms with E-state index >= 15 is 0 Å². The van der Waals surface area contributed by atoms with Crippen molar-refractivity contribution in [1.82, 2.24) is 9.55 Å². The van der Waals surface area contributed by atoms with Crippen LogP contribution in [0.15, 0.2) is 57.4 Å². The summed E-state index contributed by atoms with van der Waals surface area (Å²) in [6, 6.07) is 11.8. The van der Waals surface area contributed by atoms with Crippen molar-refractivity contribution in [2.75, 3.05) is 0 Å². The molecule has 10 heteroatoms. The van der Waals surface area contributed by atoms with E-state index in [9.17, 15) is 14.4 Å². The summed E-state index contributed by atoms with van der Waals surface area (Å²) in [7, 11) is 0. The van der Waals surface area contributed by atoms with Crippen LogP contribution in [0.1, 0.15) is 15.2 Å². The highest BCUT2D eigenvalue weighted by atomic mass is 35.5. The SMILES string of the molecule is NC(=O)c1scc2[nH]c(=O)n(-c3cc(OCc4ccccc4Cl)ccc3Cl)c(=O)c12. The number of primary amides is 1. The van der Waals surface area contributed by atoms with E-state index in [1.807, 2.05) is 18.2 Å². The number of H-pyrrole nitrogens is 1. The summed E-state index contributed by atoms with van der Waals surface area (Å²) >= 11 is 13.4. The van der Waals surface area contributed by atoms with Crippen molar-refractivity contribution in [3.8, 4) is 11.4 Å². The summed E-state index contributed by atoms with van der Waals surface area (Å²) in [5.74, 6) is -0.380. The van der Waals surface area contributed by atoms with Crippen LogP contribution >= 0.6 is 34.5 Å². The molecule has 7 nitrogen and oxygen atoms in total. The van der Waals surface area contributed by atoms with Crippen molar-refractivity contribution < 1.29 is 9.53 Å². The molecule has 2 aromatic heterocycles. The van der Waals surface area contributed by atoms with E-state index in [0.717, 1.165) is 21.5 Å². The number of carbonyl (C=O) groups is 1. The number of nitrogens with two attached hydrogens (primary N) is 1. The number of rotatable bonds is 5. The number of benzene rings is 2. The number of hydrogen-bond donors (Lipinski definition) is 2. The van der Waals surface area contributed by atoms with Crippen LogP contribution in [0.2, 0.25) is 10.0 Å². The number of ether oxygens (including phenoxy) is 1. The molecule has 0 atom stereocenters. The molecular weight excluding hydrogens is 449 g/mol. The van der Waals surface area contributed by atoms with Crippen molar-refractivity contribution in [1.29, 1.82) is 0 Å². The number of nitrogens with one attached hydrogen (secondary N) is 1. The summed E-state index contributed by atoms with van der Waals surface area (Å²) in [6.45, 7) is 0.182. The highest BCUT2D eigenvalue weighted by molar-refractivity contribution is 7.13. The summed E-state index contributed by atoms with van der Waals surface area (Å²) in [5.41, 5.74) is 5.08. The Kier molecular flexibility index (Phi) is 5.38. The van der Waals surface area contributed by atoms with Gasteiger partial charge in [0.1, 0.15) is 17.2 Å². The molecule has 3 N–H and O–H groups in total. The minimum atomic E-state index is -0.756. The van der Waals surface area contributed by atoms with E-state index in [4.69, 9.17) is 33.7 Å². The zero-order valence-corrected chi connectivity index (χ0v) is 17.5. The Labute approximate surface area is 183 Å². The molecule has 30 heavy (non-hydrogen) atoms. The fraction of sp³-hybridized carbons (Fsp3) is 0.0500. The van der Waals surface area contributed by atoms with Crippen LogP contribution in [0, 0.1) is 0 Å². The summed E-state index contributed by atoms with van der Waals surface area (Å²) in [5, 5.41) is 2.24. The molecule has 0 aliphatic rings. The molecule has 2 aromatic carbocycles. The predicted molar refractivity (Wildman–Crippen MR) is 117 cm³/mol. The molecule has 0 saturated carbocycles.